The van der Waals surface area contributed by atoms with Gasteiger partial charge in [-0.1, -0.05) is 12.1 Å². The van der Waals surface area contributed by atoms with Crippen LogP contribution in [0.5, 0.6) is 0 Å². The Hall–Kier alpha value is -1.46. The molecule has 1 rings (SSSR count). The number of anilines is 1. The lowest BCUT2D eigenvalue weighted by Gasteiger charge is -2.14. The van der Waals surface area contributed by atoms with Crippen LogP contribution in [0.15, 0.2) is 24.3 Å². The van der Waals surface area contributed by atoms with E-state index >= 15 is 0 Å². The Labute approximate surface area is 85.2 Å². The van der Waals surface area contributed by atoms with Crippen LogP contribution in [0.4, 0.5) is 5.69 Å². The number of aliphatic hydroxyl groups excluding tert-OH is 1. The van der Waals surface area contributed by atoms with Crippen LogP contribution in [-0.2, 0) is 0 Å². The first-order valence-electron chi connectivity index (χ1n) is 4.54. The number of benzene rings is 1. The van der Waals surface area contributed by atoms with Gasteiger partial charge in [0.15, 0.2) is 0 Å². The Morgan fingerprint density at radius 1 is 1.36 bits per heavy atom. The second kappa shape index (κ2) is 4.69. The van der Waals surface area contributed by atoms with Gasteiger partial charge in [0.25, 0.3) is 0 Å². The number of nitrogens with zero attached hydrogens (tertiary/aromatic N) is 1. The molecular weight excluding hydrogens is 174 g/mol. The quantitative estimate of drug-likeness (QED) is 0.733. The van der Waals surface area contributed by atoms with Gasteiger partial charge in [0, 0.05) is 26.2 Å². The fraction of sp³-hybridized carbons (Fsp3) is 0.333. The van der Waals surface area contributed by atoms with Crippen molar-refractivity contribution in [3.8, 4) is 12.3 Å². The maximum Gasteiger partial charge on any atom is 0.0899 e. The SMILES string of the molecule is C#CCC(O)c1ccc(N(C)C)cc1. The van der Waals surface area contributed by atoms with Crippen LogP contribution in [0.3, 0.4) is 0 Å². The molecule has 0 heterocycles. The number of hydrogen-bond acceptors (Lipinski definition) is 2. The van der Waals surface area contributed by atoms with Crippen LogP contribution in [0.25, 0.3) is 0 Å². The van der Waals surface area contributed by atoms with Crippen LogP contribution < -0.4 is 4.90 Å². The first kappa shape index (κ1) is 10.6. The molecule has 0 aliphatic carbocycles. The van der Waals surface area contributed by atoms with Crippen molar-refractivity contribution < 1.29 is 5.11 Å². The van der Waals surface area contributed by atoms with Crippen molar-refractivity contribution in [1.29, 1.82) is 0 Å². The van der Waals surface area contributed by atoms with E-state index in [4.69, 9.17) is 6.42 Å². The normalized spacial score (nSPS) is 11.9. The Morgan fingerprint density at radius 2 is 1.93 bits per heavy atom. The largest absolute Gasteiger partial charge is 0.387 e. The third kappa shape index (κ3) is 2.51. The topological polar surface area (TPSA) is 23.5 Å². The summed E-state index contributed by atoms with van der Waals surface area (Å²) in [5, 5.41) is 9.59. The van der Waals surface area contributed by atoms with Crippen molar-refractivity contribution in [3.05, 3.63) is 29.8 Å². The number of terminal acetylenes is 1. The summed E-state index contributed by atoms with van der Waals surface area (Å²) in [6.07, 6.45) is 4.94. The lowest BCUT2D eigenvalue weighted by atomic mass is 10.1. The van der Waals surface area contributed by atoms with Gasteiger partial charge in [-0.05, 0) is 17.7 Å². The lowest BCUT2D eigenvalue weighted by molar-refractivity contribution is 0.184. The molecule has 0 spiro atoms. The smallest absolute Gasteiger partial charge is 0.0899 e. The minimum absolute atomic E-state index is 0.362. The Balaban J connectivity index is 2.78. The van der Waals surface area contributed by atoms with E-state index in [0.29, 0.717) is 6.42 Å². The van der Waals surface area contributed by atoms with Crippen molar-refractivity contribution in [1.82, 2.24) is 0 Å². The molecule has 0 fully saturated rings. The summed E-state index contributed by atoms with van der Waals surface area (Å²) in [5.74, 6) is 2.44. The fourth-order valence-electron chi connectivity index (χ4n) is 1.22. The summed E-state index contributed by atoms with van der Waals surface area (Å²) >= 11 is 0. The van der Waals surface area contributed by atoms with E-state index in [2.05, 4.69) is 5.92 Å². The molecule has 1 aromatic carbocycles. The molecule has 2 heteroatoms. The zero-order chi connectivity index (χ0) is 10.6. The van der Waals surface area contributed by atoms with E-state index in [1.807, 2.05) is 43.3 Å². The minimum Gasteiger partial charge on any atom is -0.387 e. The van der Waals surface area contributed by atoms with Crippen LogP contribution in [-0.4, -0.2) is 19.2 Å². The Bertz CT molecular complexity index is 321. The van der Waals surface area contributed by atoms with Gasteiger partial charge in [-0.15, -0.1) is 12.3 Å². The van der Waals surface area contributed by atoms with E-state index in [0.717, 1.165) is 11.3 Å². The molecule has 0 aliphatic heterocycles. The summed E-state index contributed by atoms with van der Waals surface area (Å²) in [6.45, 7) is 0. The first-order chi connectivity index (χ1) is 6.65. The molecule has 0 amide bonds. The van der Waals surface area contributed by atoms with Gasteiger partial charge in [-0.3, -0.25) is 0 Å². The molecule has 74 valence electrons. The zero-order valence-corrected chi connectivity index (χ0v) is 8.57. The van der Waals surface area contributed by atoms with Gasteiger partial charge in [0.2, 0.25) is 0 Å². The molecule has 0 bridgehead atoms. The van der Waals surface area contributed by atoms with Gasteiger partial charge in [0.1, 0.15) is 0 Å². The summed E-state index contributed by atoms with van der Waals surface area (Å²) < 4.78 is 0. The number of hydrogen-bond donors (Lipinski definition) is 1. The van der Waals surface area contributed by atoms with Gasteiger partial charge >= 0.3 is 0 Å². The number of rotatable bonds is 3. The summed E-state index contributed by atoms with van der Waals surface area (Å²) in [5.41, 5.74) is 1.98. The molecule has 1 unspecified atom stereocenters. The van der Waals surface area contributed by atoms with E-state index in [-0.39, 0.29) is 0 Å². The molecule has 2 nitrogen and oxygen atoms in total. The molecule has 0 saturated carbocycles. The molecule has 0 aliphatic rings. The summed E-state index contributed by atoms with van der Waals surface area (Å²) in [7, 11) is 3.96. The second-order valence-electron chi connectivity index (χ2n) is 3.41. The average Bonchev–Trinajstić information content (AvgIpc) is 2.18. The van der Waals surface area contributed by atoms with E-state index < -0.39 is 6.10 Å². The maximum atomic E-state index is 9.59. The first-order valence-corrected chi connectivity index (χ1v) is 4.54. The molecular formula is C12H15NO. The van der Waals surface area contributed by atoms with Gasteiger partial charge in [-0.25, -0.2) is 0 Å². The van der Waals surface area contributed by atoms with Crippen LogP contribution in [0, 0.1) is 12.3 Å². The molecule has 0 aromatic heterocycles. The predicted molar refractivity (Wildman–Crippen MR) is 59.2 cm³/mol. The fourth-order valence-corrected chi connectivity index (χ4v) is 1.22. The highest BCUT2D eigenvalue weighted by Crippen LogP contribution is 2.19. The van der Waals surface area contributed by atoms with Gasteiger partial charge < -0.3 is 10.0 Å². The third-order valence-electron chi connectivity index (χ3n) is 2.11. The third-order valence-corrected chi connectivity index (χ3v) is 2.11. The Morgan fingerprint density at radius 3 is 2.36 bits per heavy atom. The van der Waals surface area contributed by atoms with Crippen molar-refractivity contribution >= 4 is 5.69 Å². The average molecular weight is 189 g/mol. The highest BCUT2D eigenvalue weighted by atomic mass is 16.3. The monoisotopic (exact) mass is 189 g/mol. The second-order valence-corrected chi connectivity index (χ2v) is 3.41. The van der Waals surface area contributed by atoms with Crippen molar-refractivity contribution in [2.75, 3.05) is 19.0 Å². The molecule has 0 radical (unpaired) electrons. The van der Waals surface area contributed by atoms with Crippen LogP contribution >= 0.6 is 0 Å². The molecule has 1 N–H and O–H groups in total. The summed E-state index contributed by atoms with van der Waals surface area (Å²) in [4.78, 5) is 2.01. The molecule has 1 atom stereocenters. The highest BCUT2D eigenvalue weighted by Gasteiger charge is 2.05. The van der Waals surface area contributed by atoms with E-state index in [1.54, 1.807) is 0 Å². The predicted octanol–water partition coefficient (Wildman–Crippen LogP) is 1.81. The highest BCUT2D eigenvalue weighted by molar-refractivity contribution is 5.46. The Kier molecular flexibility index (Phi) is 3.55. The molecule has 0 saturated heterocycles. The van der Waals surface area contributed by atoms with E-state index in [1.165, 1.54) is 0 Å². The number of aliphatic hydroxyl groups is 1. The zero-order valence-electron chi connectivity index (χ0n) is 8.57. The van der Waals surface area contributed by atoms with Gasteiger partial charge in [0.05, 0.1) is 6.10 Å². The molecule has 1 aromatic rings. The van der Waals surface area contributed by atoms with Gasteiger partial charge in [-0.2, -0.15) is 0 Å². The maximum absolute atomic E-state index is 9.59. The van der Waals surface area contributed by atoms with Crippen LogP contribution in [0.1, 0.15) is 18.1 Å². The van der Waals surface area contributed by atoms with Crippen molar-refractivity contribution in [2.45, 2.75) is 12.5 Å². The molecule has 14 heavy (non-hydrogen) atoms. The van der Waals surface area contributed by atoms with E-state index in [9.17, 15) is 5.11 Å². The minimum atomic E-state index is -0.545. The summed E-state index contributed by atoms with van der Waals surface area (Å²) in [6, 6.07) is 7.73. The van der Waals surface area contributed by atoms with Crippen molar-refractivity contribution in [3.63, 3.8) is 0 Å². The standard InChI is InChI=1S/C12H15NO/c1-4-5-12(14)10-6-8-11(9-7-10)13(2)3/h1,6-9,12,14H,5H2,2-3H3. The van der Waals surface area contributed by atoms with Crippen molar-refractivity contribution in [2.24, 2.45) is 0 Å². The lowest BCUT2D eigenvalue weighted by Crippen LogP contribution is -2.08. The van der Waals surface area contributed by atoms with Crippen LogP contribution in [0.2, 0.25) is 0 Å².